The van der Waals surface area contributed by atoms with Gasteiger partial charge in [0.05, 0.1) is 5.75 Å². The molecule has 6 nitrogen and oxygen atoms in total. The van der Waals surface area contributed by atoms with E-state index >= 15 is 0 Å². The fourth-order valence-electron chi connectivity index (χ4n) is 3.25. The molecular weight excluding hydrogens is 410 g/mol. The van der Waals surface area contributed by atoms with Gasteiger partial charge in [-0.05, 0) is 42.3 Å². The second-order valence-corrected chi connectivity index (χ2v) is 9.78. The first-order valence-corrected chi connectivity index (χ1v) is 11.7. The van der Waals surface area contributed by atoms with Crippen LogP contribution in [-0.2, 0) is 23.1 Å². The van der Waals surface area contributed by atoms with Crippen LogP contribution in [0.5, 0.6) is 0 Å². The van der Waals surface area contributed by atoms with Crippen molar-refractivity contribution in [2.75, 3.05) is 31.9 Å². The molecule has 0 aliphatic carbocycles. The van der Waals surface area contributed by atoms with Crippen LogP contribution >= 0.6 is 11.6 Å². The van der Waals surface area contributed by atoms with Crippen LogP contribution in [0.3, 0.4) is 0 Å². The Morgan fingerprint density at radius 1 is 0.966 bits per heavy atom. The van der Waals surface area contributed by atoms with Crippen molar-refractivity contribution in [3.05, 3.63) is 70.2 Å². The van der Waals surface area contributed by atoms with Gasteiger partial charge >= 0.3 is 0 Å². The van der Waals surface area contributed by atoms with Crippen LogP contribution in [0.1, 0.15) is 28.4 Å². The van der Waals surface area contributed by atoms with Crippen LogP contribution in [0, 0.1) is 0 Å². The highest BCUT2D eigenvalue weighted by atomic mass is 35.5. The number of halogens is 1. The SMILES string of the molecule is CCS(=O)(=O)N1CCN(Cc2ccc(C(=O)NCc3ccc(Cl)cc3)cc2)CC1. The van der Waals surface area contributed by atoms with Gasteiger partial charge in [0, 0.05) is 49.9 Å². The zero-order chi connectivity index (χ0) is 20.9. The minimum atomic E-state index is -3.10. The van der Waals surface area contributed by atoms with E-state index in [2.05, 4.69) is 10.2 Å². The highest BCUT2D eigenvalue weighted by Gasteiger charge is 2.25. The van der Waals surface area contributed by atoms with Gasteiger partial charge in [-0.15, -0.1) is 0 Å². The molecule has 0 saturated carbocycles. The topological polar surface area (TPSA) is 69.7 Å². The first kappa shape index (κ1) is 21.8. The van der Waals surface area contributed by atoms with Gasteiger partial charge in [0.25, 0.3) is 5.91 Å². The molecule has 8 heteroatoms. The first-order chi connectivity index (χ1) is 13.9. The lowest BCUT2D eigenvalue weighted by atomic mass is 10.1. The Balaban J connectivity index is 1.48. The third-order valence-electron chi connectivity index (χ3n) is 5.08. The molecule has 0 bridgehead atoms. The number of carbonyl (C=O) groups excluding carboxylic acids is 1. The lowest BCUT2D eigenvalue weighted by Crippen LogP contribution is -2.48. The van der Waals surface area contributed by atoms with E-state index in [-0.39, 0.29) is 11.7 Å². The van der Waals surface area contributed by atoms with Gasteiger partial charge in [-0.2, -0.15) is 4.31 Å². The smallest absolute Gasteiger partial charge is 0.251 e. The van der Waals surface area contributed by atoms with E-state index in [1.807, 2.05) is 36.4 Å². The second kappa shape index (κ2) is 9.71. The molecule has 1 saturated heterocycles. The van der Waals surface area contributed by atoms with E-state index in [1.165, 1.54) is 0 Å². The molecule has 1 amide bonds. The summed E-state index contributed by atoms with van der Waals surface area (Å²) in [6.07, 6.45) is 0. The summed E-state index contributed by atoms with van der Waals surface area (Å²) < 4.78 is 25.5. The number of benzene rings is 2. The van der Waals surface area contributed by atoms with Crippen molar-refractivity contribution in [2.45, 2.75) is 20.0 Å². The number of piperazine rings is 1. The Hall–Kier alpha value is -1.93. The molecule has 1 aliphatic rings. The van der Waals surface area contributed by atoms with Gasteiger partial charge in [-0.25, -0.2) is 8.42 Å². The highest BCUT2D eigenvalue weighted by molar-refractivity contribution is 7.89. The molecule has 1 heterocycles. The van der Waals surface area contributed by atoms with E-state index in [9.17, 15) is 13.2 Å². The molecule has 1 N–H and O–H groups in total. The Labute approximate surface area is 177 Å². The van der Waals surface area contributed by atoms with E-state index < -0.39 is 10.0 Å². The monoisotopic (exact) mass is 435 g/mol. The summed E-state index contributed by atoms with van der Waals surface area (Å²) in [5.41, 5.74) is 2.70. The van der Waals surface area contributed by atoms with Gasteiger partial charge in [-0.1, -0.05) is 35.9 Å². The maximum atomic E-state index is 12.3. The number of nitrogens with one attached hydrogen (secondary N) is 1. The van der Waals surface area contributed by atoms with Crippen molar-refractivity contribution in [1.82, 2.24) is 14.5 Å². The molecule has 0 atom stereocenters. The maximum Gasteiger partial charge on any atom is 0.251 e. The third kappa shape index (κ3) is 6.02. The molecule has 2 aromatic carbocycles. The Morgan fingerprint density at radius 2 is 1.55 bits per heavy atom. The number of hydrogen-bond acceptors (Lipinski definition) is 4. The summed E-state index contributed by atoms with van der Waals surface area (Å²) in [6, 6.07) is 14.9. The largest absolute Gasteiger partial charge is 0.348 e. The predicted molar refractivity (Wildman–Crippen MR) is 115 cm³/mol. The van der Waals surface area contributed by atoms with Crippen molar-refractivity contribution in [1.29, 1.82) is 0 Å². The Morgan fingerprint density at radius 3 is 2.14 bits per heavy atom. The van der Waals surface area contributed by atoms with Gasteiger partial charge in [-0.3, -0.25) is 9.69 Å². The number of nitrogens with zero attached hydrogens (tertiary/aromatic N) is 2. The first-order valence-electron chi connectivity index (χ1n) is 9.69. The standard InChI is InChI=1S/C21H26ClN3O3S/c1-2-29(27,28)25-13-11-24(12-14-25)16-18-3-7-19(8-4-18)21(26)23-15-17-5-9-20(22)10-6-17/h3-10H,2,11-16H2,1H3,(H,23,26). The predicted octanol–water partition coefficient (Wildman–Crippen LogP) is 2.74. The molecule has 1 aliphatic heterocycles. The van der Waals surface area contributed by atoms with Crippen LogP contribution < -0.4 is 5.32 Å². The van der Waals surface area contributed by atoms with Gasteiger partial charge in [0.2, 0.25) is 10.0 Å². The summed E-state index contributed by atoms with van der Waals surface area (Å²) in [5.74, 6) is 0.0269. The van der Waals surface area contributed by atoms with Gasteiger partial charge in [0.1, 0.15) is 0 Å². The molecule has 29 heavy (non-hydrogen) atoms. The van der Waals surface area contributed by atoms with E-state index in [0.29, 0.717) is 43.3 Å². The van der Waals surface area contributed by atoms with E-state index in [4.69, 9.17) is 11.6 Å². The molecule has 0 radical (unpaired) electrons. The highest BCUT2D eigenvalue weighted by Crippen LogP contribution is 2.13. The molecule has 0 unspecified atom stereocenters. The van der Waals surface area contributed by atoms with Gasteiger partial charge < -0.3 is 5.32 Å². The van der Waals surface area contributed by atoms with E-state index in [1.54, 1.807) is 23.4 Å². The van der Waals surface area contributed by atoms with Crippen molar-refractivity contribution < 1.29 is 13.2 Å². The molecule has 2 aromatic rings. The van der Waals surface area contributed by atoms with Crippen LogP contribution in [-0.4, -0.2) is 55.5 Å². The molecule has 156 valence electrons. The van der Waals surface area contributed by atoms with E-state index in [0.717, 1.165) is 17.7 Å². The lowest BCUT2D eigenvalue weighted by Gasteiger charge is -2.33. The van der Waals surface area contributed by atoms with Crippen LogP contribution in [0.25, 0.3) is 0 Å². The molecular formula is C21H26ClN3O3S. The Kier molecular flexibility index (Phi) is 7.29. The summed E-state index contributed by atoms with van der Waals surface area (Å²) in [7, 11) is -3.10. The summed E-state index contributed by atoms with van der Waals surface area (Å²) in [4.78, 5) is 14.6. The fourth-order valence-corrected chi connectivity index (χ4v) is 4.47. The summed E-state index contributed by atoms with van der Waals surface area (Å²) in [6.45, 7) is 5.35. The Bertz CT molecular complexity index is 923. The second-order valence-electron chi connectivity index (χ2n) is 7.08. The minimum Gasteiger partial charge on any atom is -0.348 e. The average molecular weight is 436 g/mol. The lowest BCUT2D eigenvalue weighted by molar-refractivity contribution is 0.0951. The van der Waals surface area contributed by atoms with Gasteiger partial charge in [0.15, 0.2) is 0 Å². The molecule has 0 spiro atoms. The average Bonchev–Trinajstić information content (AvgIpc) is 2.74. The van der Waals surface area contributed by atoms with Crippen molar-refractivity contribution in [3.63, 3.8) is 0 Å². The summed E-state index contributed by atoms with van der Waals surface area (Å²) in [5, 5.41) is 3.58. The van der Waals surface area contributed by atoms with Crippen molar-refractivity contribution in [2.24, 2.45) is 0 Å². The molecule has 1 fully saturated rings. The fraction of sp³-hybridized carbons (Fsp3) is 0.381. The number of sulfonamides is 1. The minimum absolute atomic E-state index is 0.120. The molecule has 3 rings (SSSR count). The molecule has 0 aromatic heterocycles. The zero-order valence-corrected chi connectivity index (χ0v) is 18.0. The van der Waals surface area contributed by atoms with Crippen LogP contribution in [0.2, 0.25) is 5.02 Å². The zero-order valence-electron chi connectivity index (χ0n) is 16.5. The maximum absolute atomic E-state index is 12.3. The number of carbonyl (C=O) groups is 1. The normalized spacial score (nSPS) is 15.9. The quantitative estimate of drug-likeness (QED) is 0.726. The summed E-state index contributed by atoms with van der Waals surface area (Å²) >= 11 is 5.87. The van der Waals surface area contributed by atoms with Crippen LogP contribution in [0.4, 0.5) is 0 Å². The van der Waals surface area contributed by atoms with Crippen molar-refractivity contribution >= 4 is 27.5 Å². The van der Waals surface area contributed by atoms with Crippen molar-refractivity contribution in [3.8, 4) is 0 Å². The number of rotatable bonds is 7. The third-order valence-corrected chi connectivity index (χ3v) is 7.21. The number of hydrogen-bond donors (Lipinski definition) is 1. The number of amides is 1. The van der Waals surface area contributed by atoms with Crippen LogP contribution in [0.15, 0.2) is 48.5 Å².